The summed E-state index contributed by atoms with van der Waals surface area (Å²) in [5.74, 6) is -0.0270. The van der Waals surface area contributed by atoms with Crippen LogP contribution in [-0.2, 0) is 19.4 Å². The lowest BCUT2D eigenvalue weighted by atomic mass is 9.79. The number of ether oxygens (including phenoxy) is 2. The second-order valence-corrected chi connectivity index (χ2v) is 13.4. The number of carbonyl (C=O) groups is 1. The Balaban J connectivity index is 2.19. The van der Waals surface area contributed by atoms with Gasteiger partial charge in [0.15, 0.2) is 9.84 Å². The third kappa shape index (κ3) is 7.57. The Kier molecular flexibility index (Phi) is 11.2. The van der Waals surface area contributed by atoms with Gasteiger partial charge in [-0.25, -0.2) is 13.2 Å². The van der Waals surface area contributed by atoms with Crippen LogP contribution in [0.5, 0.6) is 5.75 Å². The Morgan fingerprint density at radius 2 is 1.76 bits per heavy atom. The van der Waals surface area contributed by atoms with Crippen LogP contribution in [0.4, 0.5) is 11.4 Å². The van der Waals surface area contributed by atoms with E-state index in [0.717, 1.165) is 53.6 Å². The number of thioether (sulfide) groups is 1. The van der Waals surface area contributed by atoms with Crippen LogP contribution in [-0.4, -0.2) is 39.5 Å². The van der Waals surface area contributed by atoms with Crippen LogP contribution in [0.15, 0.2) is 63.0 Å². The zero-order valence-electron chi connectivity index (χ0n) is 22.7. The Hall–Kier alpha value is -1.97. The summed E-state index contributed by atoms with van der Waals surface area (Å²) in [5.41, 5.74) is 1.24. The maximum Gasteiger partial charge on any atom is 0.333 e. The molecule has 0 N–H and O–H groups in total. The highest BCUT2D eigenvalue weighted by Crippen LogP contribution is 2.48. The zero-order valence-corrected chi connectivity index (χ0v) is 25.9. The zero-order chi connectivity index (χ0) is 27.8. The highest BCUT2D eigenvalue weighted by molar-refractivity contribution is 9.10. The fourth-order valence-corrected chi connectivity index (χ4v) is 7.84. The lowest BCUT2D eigenvalue weighted by Gasteiger charge is -2.37. The summed E-state index contributed by atoms with van der Waals surface area (Å²) in [6.45, 7) is 6.92. The molecule has 2 aromatic rings. The molecule has 0 atom stereocenters. The Morgan fingerprint density at radius 1 is 1.11 bits per heavy atom. The van der Waals surface area contributed by atoms with Gasteiger partial charge in [0, 0.05) is 28.2 Å². The van der Waals surface area contributed by atoms with Crippen molar-refractivity contribution in [3.63, 3.8) is 0 Å². The monoisotopic (exact) mass is 623 g/mol. The highest BCUT2D eigenvalue weighted by Gasteiger charge is 2.42. The van der Waals surface area contributed by atoms with Gasteiger partial charge in [-0.15, -0.1) is 11.8 Å². The fourth-order valence-electron chi connectivity index (χ4n) is 4.92. The molecule has 0 fully saturated rings. The average Bonchev–Trinajstić information content (AvgIpc) is 2.98. The van der Waals surface area contributed by atoms with Gasteiger partial charge in [-0.3, -0.25) is 0 Å². The molecule has 38 heavy (non-hydrogen) atoms. The van der Waals surface area contributed by atoms with E-state index in [2.05, 4.69) is 34.7 Å². The lowest BCUT2D eigenvalue weighted by Crippen LogP contribution is -2.38. The van der Waals surface area contributed by atoms with E-state index in [-0.39, 0.29) is 22.7 Å². The van der Waals surface area contributed by atoms with Crippen LogP contribution in [0.2, 0.25) is 0 Å². The van der Waals surface area contributed by atoms with Crippen molar-refractivity contribution in [1.82, 2.24) is 0 Å². The molecule has 208 valence electrons. The number of unbranched alkanes of at least 4 members (excludes halogenated alkanes) is 2. The lowest BCUT2D eigenvalue weighted by molar-refractivity contribution is -0.137. The SMILES string of the molecule is CCCCC1(CCCC)CN(c2ccc(Br)cc2)c2cc(SC)c(O/C=C/C(=O)OCC)cc2S(=O)(=O)C1. The summed E-state index contributed by atoms with van der Waals surface area (Å²) in [6.07, 6.45) is 10.1. The van der Waals surface area contributed by atoms with Crippen molar-refractivity contribution >= 4 is 54.9 Å². The first-order chi connectivity index (χ1) is 18.2. The molecular formula is C29H38BrNO5S2. The second-order valence-electron chi connectivity index (χ2n) is 9.67. The van der Waals surface area contributed by atoms with Gasteiger partial charge >= 0.3 is 5.97 Å². The molecule has 0 aromatic heterocycles. The molecular weight excluding hydrogens is 586 g/mol. The van der Waals surface area contributed by atoms with E-state index in [0.29, 0.717) is 18.0 Å². The third-order valence-electron chi connectivity index (χ3n) is 6.81. The molecule has 9 heteroatoms. The van der Waals surface area contributed by atoms with E-state index in [1.807, 2.05) is 36.6 Å². The number of carbonyl (C=O) groups excluding carboxylic acids is 1. The molecule has 3 rings (SSSR count). The molecule has 6 nitrogen and oxygen atoms in total. The summed E-state index contributed by atoms with van der Waals surface area (Å²) in [6, 6.07) is 11.6. The van der Waals surface area contributed by atoms with Crippen LogP contribution in [0, 0.1) is 5.41 Å². The normalized spacial score (nSPS) is 16.2. The van der Waals surface area contributed by atoms with Crippen LogP contribution in [0.1, 0.15) is 59.3 Å². The molecule has 0 bridgehead atoms. The van der Waals surface area contributed by atoms with Gasteiger partial charge in [0.05, 0.1) is 40.2 Å². The predicted molar refractivity (Wildman–Crippen MR) is 159 cm³/mol. The smallest absolute Gasteiger partial charge is 0.333 e. The molecule has 0 aliphatic carbocycles. The van der Waals surface area contributed by atoms with Crippen molar-refractivity contribution < 1.29 is 22.7 Å². The van der Waals surface area contributed by atoms with E-state index in [9.17, 15) is 13.2 Å². The van der Waals surface area contributed by atoms with Crippen LogP contribution >= 0.6 is 27.7 Å². The van der Waals surface area contributed by atoms with Crippen molar-refractivity contribution in [3.05, 3.63) is 53.2 Å². The molecule has 0 saturated carbocycles. The third-order valence-corrected chi connectivity index (χ3v) is 10.1. The Labute approximate surface area is 240 Å². The van der Waals surface area contributed by atoms with Crippen molar-refractivity contribution in [1.29, 1.82) is 0 Å². The standard InChI is InChI=1S/C29H38BrNO5S2/c1-5-8-15-29(16-9-6-2)20-31(23-12-10-22(30)11-13-23)24-18-26(37-4)25(19-27(24)38(33,34)21-29)36-17-14-28(32)35-7-3/h10-14,17-19H,5-9,15-16,20-21H2,1-4H3/b17-14+. The van der Waals surface area contributed by atoms with E-state index >= 15 is 0 Å². The highest BCUT2D eigenvalue weighted by atomic mass is 79.9. The summed E-state index contributed by atoms with van der Waals surface area (Å²) >= 11 is 5.00. The van der Waals surface area contributed by atoms with Gasteiger partial charge in [-0.1, -0.05) is 55.5 Å². The Morgan fingerprint density at radius 3 is 2.34 bits per heavy atom. The number of benzene rings is 2. The first-order valence-corrected chi connectivity index (χ1v) is 16.8. The van der Waals surface area contributed by atoms with Gasteiger partial charge in [-0.05, 0) is 56.4 Å². The first kappa shape index (κ1) is 30.6. The number of esters is 1. The molecule has 0 radical (unpaired) electrons. The number of hydrogen-bond donors (Lipinski definition) is 0. The number of anilines is 2. The van der Waals surface area contributed by atoms with E-state index in [4.69, 9.17) is 9.47 Å². The number of hydrogen-bond acceptors (Lipinski definition) is 7. The molecule has 2 aromatic carbocycles. The summed E-state index contributed by atoms with van der Waals surface area (Å²) in [5, 5.41) is 0. The molecule has 1 aliphatic heterocycles. The molecule has 0 saturated heterocycles. The first-order valence-electron chi connectivity index (χ1n) is 13.2. The van der Waals surface area contributed by atoms with E-state index in [1.165, 1.54) is 24.1 Å². The maximum atomic E-state index is 14.1. The van der Waals surface area contributed by atoms with Gasteiger partial charge in [-0.2, -0.15) is 0 Å². The molecule has 1 aliphatic rings. The minimum absolute atomic E-state index is 0.0940. The largest absolute Gasteiger partial charge is 0.464 e. The second kappa shape index (κ2) is 13.9. The number of sulfone groups is 1. The summed E-state index contributed by atoms with van der Waals surface area (Å²) < 4.78 is 39.9. The number of rotatable bonds is 12. The van der Waals surface area contributed by atoms with Gasteiger partial charge in [0.2, 0.25) is 0 Å². The molecule has 0 spiro atoms. The summed E-state index contributed by atoms with van der Waals surface area (Å²) in [7, 11) is -3.65. The van der Waals surface area contributed by atoms with Crippen LogP contribution in [0.3, 0.4) is 0 Å². The minimum Gasteiger partial charge on any atom is -0.464 e. The number of nitrogens with zero attached hydrogens (tertiary/aromatic N) is 1. The quantitative estimate of drug-likeness (QED) is 0.103. The van der Waals surface area contributed by atoms with Crippen molar-refractivity contribution in [3.8, 4) is 5.75 Å². The minimum atomic E-state index is -3.65. The Bertz CT molecular complexity index is 1220. The topological polar surface area (TPSA) is 72.9 Å². The molecule has 1 heterocycles. The van der Waals surface area contributed by atoms with Crippen LogP contribution in [0.25, 0.3) is 0 Å². The fraction of sp³-hybridized carbons (Fsp3) is 0.483. The van der Waals surface area contributed by atoms with Crippen LogP contribution < -0.4 is 9.64 Å². The van der Waals surface area contributed by atoms with Crippen molar-refractivity contribution in [2.75, 3.05) is 30.1 Å². The van der Waals surface area contributed by atoms with E-state index < -0.39 is 15.8 Å². The molecule has 0 unspecified atom stereocenters. The number of halogens is 1. The predicted octanol–water partition coefficient (Wildman–Crippen LogP) is 7.92. The summed E-state index contributed by atoms with van der Waals surface area (Å²) in [4.78, 5) is 15.0. The molecule has 0 amide bonds. The van der Waals surface area contributed by atoms with Gasteiger partial charge in [0.25, 0.3) is 0 Å². The van der Waals surface area contributed by atoms with Crippen molar-refractivity contribution in [2.24, 2.45) is 5.41 Å². The number of fused-ring (bicyclic) bond motifs is 1. The van der Waals surface area contributed by atoms with E-state index in [1.54, 1.807) is 13.0 Å². The maximum absolute atomic E-state index is 14.1. The van der Waals surface area contributed by atoms with Gasteiger partial charge < -0.3 is 14.4 Å². The van der Waals surface area contributed by atoms with Crippen molar-refractivity contribution in [2.45, 2.75) is 69.1 Å². The average molecular weight is 625 g/mol. The van der Waals surface area contributed by atoms with Gasteiger partial charge in [0.1, 0.15) is 5.75 Å².